The highest BCUT2D eigenvalue weighted by Gasteiger charge is 2.11. The van der Waals surface area contributed by atoms with Gasteiger partial charge in [-0.05, 0) is 38.1 Å². The lowest BCUT2D eigenvalue weighted by atomic mass is 10.2. The summed E-state index contributed by atoms with van der Waals surface area (Å²) in [6, 6.07) is 7.96. The van der Waals surface area contributed by atoms with E-state index in [1.165, 1.54) is 13.3 Å². The van der Waals surface area contributed by atoms with Gasteiger partial charge < -0.3 is 10.6 Å². The Kier molecular flexibility index (Phi) is 4.18. The van der Waals surface area contributed by atoms with Crippen molar-refractivity contribution >= 4 is 34.0 Å². The lowest BCUT2D eigenvalue weighted by molar-refractivity contribution is -0.117. The lowest BCUT2D eigenvalue weighted by Gasteiger charge is -2.08. The van der Waals surface area contributed by atoms with E-state index in [-0.39, 0.29) is 12.3 Å². The second-order valence-electron chi connectivity index (χ2n) is 5.20. The van der Waals surface area contributed by atoms with Crippen LogP contribution in [0.25, 0.3) is 11.0 Å². The quantitative estimate of drug-likeness (QED) is 0.728. The maximum atomic E-state index is 11.3. The van der Waals surface area contributed by atoms with E-state index < -0.39 is 0 Å². The Labute approximate surface area is 133 Å². The van der Waals surface area contributed by atoms with Crippen molar-refractivity contribution in [3.8, 4) is 0 Å². The highest BCUT2D eigenvalue weighted by atomic mass is 16.1. The molecule has 0 aliphatic rings. The molecule has 3 aromatic rings. The van der Waals surface area contributed by atoms with E-state index in [2.05, 4.69) is 32.6 Å². The number of ketones is 1. The predicted molar refractivity (Wildman–Crippen MR) is 89.9 cm³/mol. The van der Waals surface area contributed by atoms with Gasteiger partial charge in [0.05, 0.1) is 11.6 Å². The first kappa shape index (κ1) is 15.0. The van der Waals surface area contributed by atoms with Gasteiger partial charge in [0, 0.05) is 17.9 Å². The Hall–Kier alpha value is -2.96. The summed E-state index contributed by atoms with van der Waals surface area (Å²) in [5.74, 6) is 0.697. The van der Waals surface area contributed by atoms with Crippen molar-refractivity contribution in [3.63, 3.8) is 0 Å². The number of benzene rings is 1. The fourth-order valence-corrected chi connectivity index (χ4v) is 2.33. The van der Waals surface area contributed by atoms with Gasteiger partial charge in [-0.3, -0.25) is 4.79 Å². The molecular formula is C16H18N6O. The maximum Gasteiger partial charge on any atom is 0.163 e. The average molecular weight is 310 g/mol. The number of carbonyl (C=O) groups excluding carboxylic acids is 1. The Morgan fingerprint density at radius 1 is 1.17 bits per heavy atom. The van der Waals surface area contributed by atoms with Crippen LogP contribution in [0.4, 0.5) is 17.2 Å². The molecule has 0 atom stereocenters. The molecule has 118 valence electrons. The number of aromatic nitrogens is 4. The van der Waals surface area contributed by atoms with E-state index in [9.17, 15) is 4.79 Å². The summed E-state index contributed by atoms with van der Waals surface area (Å²) in [4.78, 5) is 19.8. The van der Waals surface area contributed by atoms with Crippen LogP contribution in [0.3, 0.4) is 0 Å². The minimum absolute atomic E-state index is 0.0298. The van der Waals surface area contributed by atoms with Crippen molar-refractivity contribution in [1.29, 1.82) is 0 Å². The zero-order valence-corrected chi connectivity index (χ0v) is 13.1. The minimum Gasteiger partial charge on any atom is -0.385 e. The lowest BCUT2D eigenvalue weighted by Crippen LogP contribution is -2.08. The van der Waals surface area contributed by atoms with Crippen molar-refractivity contribution in [3.05, 3.63) is 36.8 Å². The number of carbonyl (C=O) groups is 1. The number of nitrogens with one attached hydrogen (secondary N) is 2. The Bertz CT molecular complexity index is 824. The van der Waals surface area contributed by atoms with Crippen LogP contribution in [0.15, 0.2) is 36.8 Å². The van der Waals surface area contributed by atoms with Crippen molar-refractivity contribution in [1.82, 2.24) is 19.7 Å². The summed E-state index contributed by atoms with van der Waals surface area (Å²) in [6.07, 6.45) is 3.14. The molecule has 0 saturated heterocycles. The van der Waals surface area contributed by atoms with Crippen molar-refractivity contribution in [2.24, 2.45) is 0 Å². The number of Topliss-reactive ketones (excluding diaryl/α,β-unsaturated/α-hetero) is 1. The number of hydrogen-bond donors (Lipinski definition) is 2. The summed E-state index contributed by atoms with van der Waals surface area (Å²) in [6.45, 7) is 4.67. The van der Waals surface area contributed by atoms with Gasteiger partial charge in [0.1, 0.15) is 18.7 Å². The molecule has 23 heavy (non-hydrogen) atoms. The van der Waals surface area contributed by atoms with Crippen LogP contribution in [0.1, 0.15) is 13.8 Å². The highest BCUT2D eigenvalue weighted by Crippen LogP contribution is 2.23. The van der Waals surface area contributed by atoms with Gasteiger partial charge in [0.25, 0.3) is 0 Å². The molecule has 0 saturated carbocycles. The summed E-state index contributed by atoms with van der Waals surface area (Å²) in [5.41, 5.74) is 2.63. The molecule has 1 aromatic carbocycles. The first-order valence-electron chi connectivity index (χ1n) is 7.44. The van der Waals surface area contributed by atoms with Crippen LogP contribution in [0.5, 0.6) is 0 Å². The molecule has 0 aliphatic carbocycles. The molecule has 0 radical (unpaired) electrons. The van der Waals surface area contributed by atoms with E-state index in [4.69, 9.17) is 0 Å². The fourth-order valence-electron chi connectivity index (χ4n) is 2.33. The number of rotatable bonds is 6. The first-order valence-corrected chi connectivity index (χ1v) is 7.44. The Morgan fingerprint density at radius 2 is 1.91 bits per heavy atom. The van der Waals surface area contributed by atoms with Crippen molar-refractivity contribution < 1.29 is 4.79 Å². The second kappa shape index (κ2) is 6.43. The molecule has 7 nitrogen and oxygen atoms in total. The van der Waals surface area contributed by atoms with Gasteiger partial charge >= 0.3 is 0 Å². The third-order valence-corrected chi connectivity index (χ3v) is 3.33. The predicted octanol–water partition coefficient (Wildman–Crippen LogP) is 2.59. The average Bonchev–Trinajstić information content (AvgIpc) is 2.93. The second-order valence-corrected chi connectivity index (χ2v) is 5.20. The summed E-state index contributed by atoms with van der Waals surface area (Å²) >= 11 is 0. The van der Waals surface area contributed by atoms with Gasteiger partial charge in [0.15, 0.2) is 11.4 Å². The molecule has 7 heteroatoms. The molecule has 0 aliphatic heterocycles. The van der Waals surface area contributed by atoms with Crippen molar-refractivity contribution in [2.45, 2.75) is 20.4 Å². The molecule has 3 rings (SSSR count). The summed E-state index contributed by atoms with van der Waals surface area (Å²) in [5, 5.41) is 11.5. The smallest absolute Gasteiger partial charge is 0.163 e. The van der Waals surface area contributed by atoms with Crippen LogP contribution in [-0.2, 0) is 11.3 Å². The number of nitrogens with zero attached hydrogens (tertiary/aromatic N) is 4. The molecule has 0 fully saturated rings. The first-order chi connectivity index (χ1) is 11.2. The number of fused-ring (bicyclic) bond motifs is 1. The molecule has 0 unspecified atom stereocenters. The van der Waals surface area contributed by atoms with Crippen LogP contribution in [-0.4, -0.2) is 32.1 Å². The van der Waals surface area contributed by atoms with E-state index in [1.54, 1.807) is 10.9 Å². The standard InChI is InChI=1S/C16H18N6O/c1-3-17-12-4-6-13(7-5-12)21-15-14-8-20-22(9-11(2)23)16(14)19-10-18-15/h4-8,10,17H,3,9H2,1-2H3,(H,18,19,21). The van der Waals surface area contributed by atoms with E-state index in [0.717, 1.165) is 23.3 Å². The van der Waals surface area contributed by atoms with Crippen LogP contribution in [0, 0.1) is 0 Å². The molecule has 2 heterocycles. The van der Waals surface area contributed by atoms with E-state index >= 15 is 0 Å². The fraction of sp³-hybridized carbons (Fsp3) is 0.250. The Balaban J connectivity index is 1.88. The topological polar surface area (TPSA) is 84.7 Å². The third kappa shape index (κ3) is 3.28. The minimum atomic E-state index is 0.0298. The summed E-state index contributed by atoms with van der Waals surface area (Å²) in [7, 11) is 0. The number of anilines is 3. The molecule has 0 bridgehead atoms. The SMILES string of the molecule is CCNc1ccc(Nc2ncnc3c2cnn3CC(C)=O)cc1. The van der Waals surface area contributed by atoms with Gasteiger partial charge in [-0.2, -0.15) is 5.10 Å². The molecule has 0 spiro atoms. The Morgan fingerprint density at radius 3 is 2.61 bits per heavy atom. The van der Waals surface area contributed by atoms with Crippen LogP contribution >= 0.6 is 0 Å². The zero-order valence-electron chi connectivity index (χ0n) is 13.1. The van der Waals surface area contributed by atoms with Gasteiger partial charge in [-0.1, -0.05) is 0 Å². The van der Waals surface area contributed by atoms with Gasteiger partial charge in [-0.25, -0.2) is 14.6 Å². The molecule has 0 amide bonds. The van der Waals surface area contributed by atoms with Crippen molar-refractivity contribution in [2.75, 3.05) is 17.2 Å². The van der Waals surface area contributed by atoms with Gasteiger partial charge in [-0.15, -0.1) is 0 Å². The van der Waals surface area contributed by atoms with Gasteiger partial charge in [0.2, 0.25) is 0 Å². The third-order valence-electron chi connectivity index (χ3n) is 3.33. The highest BCUT2D eigenvalue weighted by molar-refractivity contribution is 5.89. The summed E-state index contributed by atoms with van der Waals surface area (Å²) < 4.78 is 1.58. The van der Waals surface area contributed by atoms with Crippen LogP contribution < -0.4 is 10.6 Å². The maximum absolute atomic E-state index is 11.3. The normalized spacial score (nSPS) is 10.7. The number of hydrogen-bond acceptors (Lipinski definition) is 6. The van der Waals surface area contributed by atoms with E-state index in [1.807, 2.05) is 24.3 Å². The molecule has 2 aromatic heterocycles. The monoisotopic (exact) mass is 310 g/mol. The van der Waals surface area contributed by atoms with E-state index in [0.29, 0.717) is 11.5 Å². The molecule has 2 N–H and O–H groups in total. The van der Waals surface area contributed by atoms with Crippen LogP contribution in [0.2, 0.25) is 0 Å². The largest absolute Gasteiger partial charge is 0.385 e. The molecular weight excluding hydrogens is 292 g/mol. The zero-order chi connectivity index (χ0) is 16.2.